The van der Waals surface area contributed by atoms with Gasteiger partial charge in [0, 0.05) is 42.7 Å². The SMILES string of the molecule is O=c1cc(N2CCC(c3ccno3)C2)c2cccnc2[nH]1. The van der Waals surface area contributed by atoms with Gasteiger partial charge in [0.25, 0.3) is 5.56 Å². The molecule has 6 heteroatoms. The molecule has 1 aliphatic rings. The lowest BCUT2D eigenvalue weighted by atomic mass is 10.1. The minimum Gasteiger partial charge on any atom is -0.370 e. The predicted molar refractivity (Wildman–Crippen MR) is 78.4 cm³/mol. The first-order valence-electron chi connectivity index (χ1n) is 6.95. The highest BCUT2D eigenvalue weighted by Gasteiger charge is 2.27. The molecule has 4 heterocycles. The second-order valence-corrected chi connectivity index (χ2v) is 5.26. The van der Waals surface area contributed by atoms with E-state index < -0.39 is 0 Å². The van der Waals surface area contributed by atoms with E-state index in [4.69, 9.17) is 4.52 Å². The van der Waals surface area contributed by atoms with Crippen LogP contribution < -0.4 is 10.5 Å². The number of anilines is 1. The minimum atomic E-state index is -0.126. The highest BCUT2D eigenvalue weighted by molar-refractivity contribution is 5.89. The molecular formula is C15H14N4O2. The van der Waals surface area contributed by atoms with Crippen LogP contribution >= 0.6 is 0 Å². The van der Waals surface area contributed by atoms with E-state index in [0.29, 0.717) is 11.6 Å². The van der Waals surface area contributed by atoms with E-state index >= 15 is 0 Å². The van der Waals surface area contributed by atoms with Gasteiger partial charge in [-0.2, -0.15) is 0 Å². The highest BCUT2D eigenvalue weighted by atomic mass is 16.5. The third kappa shape index (κ3) is 2.08. The normalized spacial score (nSPS) is 18.5. The number of aromatic amines is 1. The Balaban J connectivity index is 1.73. The van der Waals surface area contributed by atoms with Gasteiger partial charge in [-0.1, -0.05) is 5.16 Å². The van der Waals surface area contributed by atoms with Gasteiger partial charge in [0.15, 0.2) is 0 Å². The van der Waals surface area contributed by atoms with Crippen molar-refractivity contribution >= 4 is 16.7 Å². The van der Waals surface area contributed by atoms with Crippen LogP contribution in [0.15, 0.2) is 46.0 Å². The molecule has 21 heavy (non-hydrogen) atoms. The predicted octanol–water partition coefficient (Wildman–Crippen LogP) is 1.90. The topological polar surface area (TPSA) is 75.0 Å². The molecule has 0 spiro atoms. The third-order valence-corrected chi connectivity index (χ3v) is 3.98. The summed E-state index contributed by atoms with van der Waals surface area (Å²) in [6, 6.07) is 7.42. The molecule has 0 aliphatic carbocycles. The maximum atomic E-state index is 11.8. The van der Waals surface area contributed by atoms with Crippen molar-refractivity contribution in [2.45, 2.75) is 12.3 Å². The Morgan fingerprint density at radius 2 is 2.29 bits per heavy atom. The van der Waals surface area contributed by atoms with Gasteiger partial charge in [-0.25, -0.2) is 4.98 Å². The minimum absolute atomic E-state index is 0.126. The maximum absolute atomic E-state index is 11.8. The van der Waals surface area contributed by atoms with Crippen LogP contribution in [-0.4, -0.2) is 28.2 Å². The molecule has 1 saturated heterocycles. The van der Waals surface area contributed by atoms with E-state index in [1.807, 2.05) is 18.2 Å². The number of pyridine rings is 2. The molecule has 0 bridgehead atoms. The standard InChI is InChI=1S/C15H14N4O2/c20-14-8-12(11-2-1-5-16-15(11)18-14)19-7-4-10(9-19)13-3-6-17-21-13/h1-3,5-6,8,10H,4,7,9H2,(H,16,18,20). The molecule has 0 aromatic carbocycles. The molecular weight excluding hydrogens is 268 g/mol. The summed E-state index contributed by atoms with van der Waals surface area (Å²) >= 11 is 0. The summed E-state index contributed by atoms with van der Waals surface area (Å²) in [7, 11) is 0. The van der Waals surface area contributed by atoms with Crippen LogP contribution in [-0.2, 0) is 0 Å². The first-order valence-corrected chi connectivity index (χ1v) is 6.95. The van der Waals surface area contributed by atoms with Crippen molar-refractivity contribution in [3.63, 3.8) is 0 Å². The molecule has 0 radical (unpaired) electrons. The zero-order chi connectivity index (χ0) is 14.2. The second kappa shape index (κ2) is 4.73. The molecule has 1 unspecified atom stereocenters. The van der Waals surface area contributed by atoms with Crippen molar-refractivity contribution in [3.05, 3.63) is 52.8 Å². The number of hydrogen-bond donors (Lipinski definition) is 1. The summed E-state index contributed by atoms with van der Waals surface area (Å²) in [5.41, 5.74) is 1.44. The van der Waals surface area contributed by atoms with Crippen LogP contribution in [0.1, 0.15) is 18.1 Å². The molecule has 3 aromatic rings. The first-order chi connectivity index (χ1) is 10.3. The molecule has 1 fully saturated rings. The summed E-state index contributed by atoms with van der Waals surface area (Å²) in [4.78, 5) is 21.0. The van der Waals surface area contributed by atoms with E-state index in [-0.39, 0.29) is 5.56 Å². The number of hydrogen-bond acceptors (Lipinski definition) is 5. The van der Waals surface area contributed by atoms with Crippen LogP contribution in [0, 0.1) is 0 Å². The van der Waals surface area contributed by atoms with Gasteiger partial charge in [0.05, 0.1) is 11.9 Å². The van der Waals surface area contributed by atoms with Crippen LogP contribution in [0.2, 0.25) is 0 Å². The third-order valence-electron chi connectivity index (χ3n) is 3.98. The Labute approximate surface area is 120 Å². The molecule has 1 aliphatic heterocycles. The van der Waals surface area contributed by atoms with Gasteiger partial charge in [-0.3, -0.25) is 4.79 Å². The fourth-order valence-electron chi connectivity index (χ4n) is 2.98. The van der Waals surface area contributed by atoms with Crippen molar-refractivity contribution in [3.8, 4) is 0 Å². The Morgan fingerprint density at radius 3 is 3.14 bits per heavy atom. The first kappa shape index (κ1) is 12.1. The van der Waals surface area contributed by atoms with Gasteiger partial charge in [-0.05, 0) is 18.6 Å². The van der Waals surface area contributed by atoms with Crippen molar-refractivity contribution in [1.82, 2.24) is 15.1 Å². The molecule has 1 N–H and O–H groups in total. The van der Waals surface area contributed by atoms with E-state index in [1.165, 1.54) is 0 Å². The van der Waals surface area contributed by atoms with E-state index in [0.717, 1.165) is 36.3 Å². The Hall–Kier alpha value is -2.63. The average molecular weight is 282 g/mol. The van der Waals surface area contributed by atoms with Crippen LogP contribution in [0.25, 0.3) is 11.0 Å². The summed E-state index contributed by atoms with van der Waals surface area (Å²) in [6.45, 7) is 1.71. The van der Waals surface area contributed by atoms with Crippen molar-refractivity contribution in [1.29, 1.82) is 0 Å². The molecule has 3 aromatic heterocycles. The monoisotopic (exact) mass is 282 g/mol. The second-order valence-electron chi connectivity index (χ2n) is 5.26. The van der Waals surface area contributed by atoms with E-state index in [2.05, 4.69) is 20.0 Å². The van der Waals surface area contributed by atoms with Gasteiger partial charge in [-0.15, -0.1) is 0 Å². The number of aromatic nitrogens is 3. The molecule has 0 amide bonds. The van der Waals surface area contributed by atoms with E-state index in [1.54, 1.807) is 18.5 Å². The lowest BCUT2D eigenvalue weighted by Crippen LogP contribution is -2.22. The van der Waals surface area contributed by atoms with Gasteiger partial charge >= 0.3 is 0 Å². The lowest BCUT2D eigenvalue weighted by molar-refractivity contribution is 0.366. The van der Waals surface area contributed by atoms with Crippen LogP contribution in [0.4, 0.5) is 5.69 Å². The fraction of sp³-hybridized carbons (Fsp3) is 0.267. The molecule has 4 rings (SSSR count). The van der Waals surface area contributed by atoms with Gasteiger partial charge in [0.2, 0.25) is 0 Å². The van der Waals surface area contributed by atoms with Crippen LogP contribution in [0.5, 0.6) is 0 Å². The Morgan fingerprint density at radius 1 is 1.33 bits per heavy atom. The lowest BCUT2D eigenvalue weighted by Gasteiger charge is -2.19. The zero-order valence-corrected chi connectivity index (χ0v) is 11.3. The van der Waals surface area contributed by atoms with Gasteiger partial charge in [0.1, 0.15) is 11.4 Å². The summed E-state index contributed by atoms with van der Waals surface area (Å²) in [5, 5.41) is 4.74. The maximum Gasteiger partial charge on any atom is 0.251 e. The fourth-order valence-corrected chi connectivity index (χ4v) is 2.98. The molecule has 106 valence electrons. The number of fused-ring (bicyclic) bond motifs is 1. The number of nitrogens with one attached hydrogen (secondary N) is 1. The summed E-state index contributed by atoms with van der Waals surface area (Å²) in [6.07, 6.45) is 4.34. The van der Waals surface area contributed by atoms with Gasteiger partial charge < -0.3 is 14.4 Å². The van der Waals surface area contributed by atoms with Crippen molar-refractivity contribution in [2.75, 3.05) is 18.0 Å². The summed E-state index contributed by atoms with van der Waals surface area (Å²) < 4.78 is 5.26. The number of H-pyrrole nitrogens is 1. The molecule has 0 saturated carbocycles. The molecule has 6 nitrogen and oxygen atoms in total. The smallest absolute Gasteiger partial charge is 0.251 e. The van der Waals surface area contributed by atoms with Crippen LogP contribution in [0.3, 0.4) is 0 Å². The summed E-state index contributed by atoms with van der Waals surface area (Å²) in [5.74, 6) is 1.23. The number of rotatable bonds is 2. The Bertz CT molecular complexity index is 825. The van der Waals surface area contributed by atoms with Crippen molar-refractivity contribution < 1.29 is 4.52 Å². The van der Waals surface area contributed by atoms with Crippen molar-refractivity contribution in [2.24, 2.45) is 0 Å². The Kier molecular flexibility index (Phi) is 2.73. The largest absolute Gasteiger partial charge is 0.370 e. The quantitative estimate of drug-likeness (QED) is 0.777. The average Bonchev–Trinajstić information content (AvgIpc) is 3.17. The highest BCUT2D eigenvalue weighted by Crippen LogP contribution is 2.32. The number of nitrogens with zero attached hydrogens (tertiary/aromatic N) is 3. The van der Waals surface area contributed by atoms with E-state index in [9.17, 15) is 4.79 Å². The molecule has 1 atom stereocenters. The zero-order valence-electron chi connectivity index (χ0n) is 11.3.